The largest absolute Gasteiger partial charge is 0.361 e. The number of hydrogen-bond donors (Lipinski definition) is 2. The number of nitrogens with zero attached hydrogens (tertiary/aromatic N) is 4. The number of aryl methyl sites for hydroxylation is 2. The number of anilines is 2. The monoisotopic (exact) mass is 1020 g/mol. The molecule has 0 saturated heterocycles. The molecule has 10 rings (SSSR count). The smallest absolute Gasteiger partial charge is 0.105 e. The van der Waals surface area contributed by atoms with Crippen LogP contribution in [0.15, 0.2) is 225 Å². The predicted octanol–water partition coefficient (Wildman–Crippen LogP) is 15.8. The Morgan fingerprint density at radius 2 is 0.808 bits per heavy atom. The van der Waals surface area contributed by atoms with E-state index in [1.165, 1.54) is 53.4 Å². The standard InChI is InChI=1S/C62H60N6O2S3/c1-5-65-59-23-15-13-21-55(59)57-39-45(25-35-61(57)65)37-49(67(63)47-17-9-7-10-18-47)41-69-43(3)71-51-27-31-53(32-28-51)73-54-33-29-52(30-34-54)72-44(4)70-42-50(68(64)48-19-11-8-12-20-48)38-46-26-36-62-58(40-46)56-22-14-16-24-60(56)66(62)6-2/h7-40,43-44H,5-6,41-42,63-64H2,1-4H3. The molecule has 2 atom stereocenters. The summed E-state index contributed by atoms with van der Waals surface area (Å²) in [6.45, 7) is 11.1. The van der Waals surface area contributed by atoms with Crippen molar-refractivity contribution in [2.75, 3.05) is 23.2 Å². The van der Waals surface area contributed by atoms with Crippen molar-refractivity contribution in [3.63, 3.8) is 0 Å². The van der Waals surface area contributed by atoms with Gasteiger partial charge in [-0.3, -0.25) is 10.0 Å². The van der Waals surface area contributed by atoms with E-state index in [1.807, 2.05) is 60.7 Å². The highest BCUT2D eigenvalue weighted by Crippen LogP contribution is 2.36. The molecule has 8 aromatic carbocycles. The minimum Gasteiger partial charge on any atom is -0.361 e. The Balaban J connectivity index is 0.754. The normalized spacial score (nSPS) is 13.1. The van der Waals surface area contributed by atoms with Crippen LogP contribution < -0.4 is 21.7 Å². The van der Waals surface area contributed by atoms with Crippen molar-refractivity contribution >= 4 is 102 Å². The maximum Gasteiger partial charge on any atom is 0.105 e. The lowest BCUT2D eigenvalue weighted by Gasteiger charge is -2.24. The van der Waals surface area contributed by atoms with Gasteiger partial charge < -0.3 is 18.6 Å². The lowest BCUT2D eigenvalue weighted by molar-refractivity contribution is 0.144. The maximum absolute atomic E-state index is 6.82. The van der Waals surface area contributed by atoms with Crippen LogP contribution >= 0.6 is 35.3 Å². The minimum atomic E-state index is -0.122. The van der Waals surface area contributed by atoms with E-state index in [1.54, 1.807) is 45.3 Å². The molecule has 0 spiro atoms. The third kappa shape index (κ3) is 11.4. The Hall–Kier alpha value is -6.67. The first kappa shape index (κ1) is 49.9. The Morgan fingerprint density at radius 1 is 0.452 bits per heavy atom. The summed E-state index contributed by atoms with van der Waals surface area (Å²) in [4.78, 5) is 4.60. The third-order valence-electron chi connectivity index (χ3n) is 13.0. The van der Waals surface area contributed by atoms with Crippen LogP contribution in [0.5, 0.6) is 0 Å². The van der Waals surface area contributed by atoms with Gasteiger partial charge in [0.2, 0.25) is 0 Å². The zero-order valence-corrected chi connectivity index (χ0v) is 44.0. The molecule has 4 N–H and O–H groups in total. The summed E-state index contributed by atoms with van der Waals surface area (Å²) in [6, 6.07) is 67.9. The van der Waals surface area contributed by atoms with E-state index >= 15 is 0 Å². The van der Waals surface area contributed by atoms with Gasteiger partial charge >= 0.3 is 0 Å². The molecule has 10 aromatic rings. The molecular formula is C62H60N6O2S3. The van der Waals surface area contributed by atoms with Gasteiger partial charge in [0.1, 0.15) is 10.9 Å². The average Bonchev–Trinajstić information content (AvgIpc) is 3.93. The second-order valence-electron chi connectivity index (χ2n) is 17.8. The summed E-state index contributed by atoms with van der Waals surface area (Å²) in [6.07, 6.45) is 4.28. The molecule has 2 aromatic heterocycles. The van der Waals surface area contributed by atoms with Gasteiger partial charge in [0.05, 0.1) is 36.0 Å². The van der Waals surface area contributed by atoms with Crippen LogP contribution in [0.1, 0.15) is 38.8 Å². The van der Waals surface area contributed by atoms with Gasteiger partial charge in [-0.15, -0.1) is 0 Å². The number of hydrogen-bond acceptors (Lipinski definition) is 9. The van der Waals surface area contributed by atoms with E-state index in [0.29, 0.717) is 13.2 Å². The van der Waals surface area contributed by atoms with Crippen molar-refractivity contribution < 1.29 is 9.47 Å². The number of fused-ring (bicyclic) bond motifs is 6. The number of rotatable bonds is 20. The van der Waals surface area contributed by atoms with Crippen LogP contribution in [0.4, 0.5) is 11.4 Å². The lowest BCUT2D eigenvalue weighted by atomic mass is 10.1. The number of ether oxygens (including phenoxy) is 2. The van der Waals surface area contributed by atoms with Crippen LogP contribution in [0.3, 0.4) is 0 Å². The minimum absolute atomic E-state index is 0.122. The SMILES string of the molecule is CCn1c2ccccc2c2cc(C=C(COC(C)Sc3ccc(Sc4ccc(SC(C)OCC(=Cc5ccc6c(c5)c5ccccc5n6CC)N(N)c5ccccc5)cc4)cc3)N(N)c3ccccc3)ccc21. The molecule has 0 aliphatic heterocycles. The second-order valence-corrected chi connectivity index (χ2v) is 21.7. The zero-order chi connectivity index (χ0) is 50.3. The van der Waals surface area contributed by atoms with Gasteiger partial charge in [-0.05, 0) is 160 Å². The third-order valence-corrected chi connectivity index (χ3v) is 16.0. The van der Waals surface area contributed by atoms with Crippen molar-refractivity contribution in [1.82, 2.24) is 9.13 Å². The molecule has 0 radical (unpaired) electrons. The first-order valence-electron chi connectivity index (χ1n) is 24.8. The van der Waals surface area contributed by atoms with Gasteiger partial charge in [0.15, 0.2) is 0 Å². The molecule has 0 fully saturated rings. The van der Waals surface area contributed by atoms with Crippen molar-refractivity contribution in [3.8, 4) is 0 Å². The highest BCUT2D eigenvalue weighted by molar-refractivity contribution is 8.00. The topological polar surface area (TPSA) is 86.8 Å². The number of hydrazine groups is 2. The number of para-hydroxylation sites is 4. The van der Waals surface area contributed by atoms with E-state index in [9.17, 15) is 0 Å². The fraction of sp³-hybridized carbons (Fsp3) is 0.161. The summed E-state index contributed by atoms with van der Waals surface area (Å²) in [5, 5.41) is 8.42. The van der Waals surface area contributed by atoms with Crippen LogP contribution in [0.25, 0.3) is 55.8 Å². The van der Waals surface area contributed by atoms with Crippen LogP contribution in [0, 0.1) is 0 Å². The molecule has 8 nitrogen and oxygen atoms in total. The fourth-order valence-corrected chi connectivity index (χ4v) is 11.9. The molecule has 0 aliphatic carbocycles. The number of thioether (sulfide) groups is 2. The highest BCUT2D eigenvalue weighted by Gasteiger charge is 2.17. The Kier molecular flexibility index (Phi) is 15.7. The van der Waals surface area contributed by atoms with Crippen molar-refractivity contribution in [3.05, 3.63) is 217 Å². The summed E-state index contributed by atoms with van der Waals surface area (Å²) in [5.41, 5.74) is 10.4. The van der Waals surface area contributed by atoms with Crippen molar-refractivity contribution in [2.45, 2.75) is 71.2 Å². The maximum atomic E-state index is 6.82. The Labute approximate surface area is 441 Å². The van der Waals surface area contributed by atoms with Gasteiger partial charge in [-0.2, -0.15) is 0 Å². The number of nitrogens with two attached hydrogens (primary N) is 2. The molecule has 0 amide bonds. The van der Waals surface area contributed by atoms with Crippen molar-refractivity contribution in [2.24, 2.45) is 11.7 Å². The van der Waals surface area contributed by atoms with Crippen LogP contribution in [-0.2, 0) is 22.6 Å². The fourth-order valence-electron chi connectivity index (χ4n) is 9.42. The molecule has 368 valence electrons. The van der Waals surface area contributed by atoms with E-state index in [2.05, 4.69) is 182 Å². The quantitative estimate of drug-likeness (QED) is 0.0335. The zero-order valence-electron chi connectivity index (χ0n) is 41.6. The van der Waals surface area contributed by atoms with E-state index < -0.39 is 0 Å². The molecule has 11 heteroatoms. The lowest BCUT2D eigenvalue weighted by Crippen LogP contribution is -2.32. The predicted molar refractivity (Wildman–Crippen MR) is 312 cm³/mol. The molecular weight excluding hydrogens is 957 g/mol. The van der Waals surface area contributed by atoms with Gasteiger partial charge in [0, 0.05) is 76.3 Å². The molecule has 2 heterocycles. The van der Waals surface area contributed by atoms with Gasteiger partial charge in [-0.1, -0.05) is 120 Å². The summed E-state index contributed by atoms with van der Waals surface area (Å²) >= 11 is 5.12. The molecule has 0 aliphatic rings. The number of aromatic nitrogens is 2. The van der Waals surface area contributed by atoms with Gasteiger partial charge in [-0.25, -0.2) is 11.7 Å². The van der Waals surface area contributed by atoms with E-state index in [4.69, 9.17) is 21.2 Å². The van der Waals surface area contributed by atoms with Crippen LogP contribution in [0.2, 0.25) is 0 Å². The summed E-state index contributed by atoms with van der Waals surface area (Å²) < 4.78 is 17.8. The Morgan fingerprint density at radius 3 is 1.21 bits per heavy atom. The molecule has 73 heavy (non-hydrogen) atoms. The second kappa shape index (κ2) is 23.0. The molecule has 0 saturated carbocycles. The first-order chi connectivity index (χ1) is 35.7. The molecule has 0 bridgehead atoms. The van der Waals surface area contributed by atoms with E-state index in [0.717, 1.165) is 56.8 Å². The summed E-state index contributed by atoms with van der Waals surface area (Å²) in [5.74, 6) is 13.6. The summed E-state index contributed by atoms with van der Waals surface area (Å²) in [7, 11) is 0. The van der Waals surface area contributed by atoms with Crippen molar-refractivity contribution in [1.29, 1.82) is 0 Å². The Bertz CT molecular complexity index is 3300. The average molecular weight is 1020 g/mol. The van der Waals surface area contributed by atoms with Gasteiger partial charge in [0.25, 0.3) is 0 Å². The number of benzene rings is 8. The molecule has 2 unspecified atom stereocenters. The van der Waals surface area contributed by atoms with Crippen LogP contribution in [-0.4, -0.2) is 33.2 Å². The first-order valence-corrected chi connectivity index (χ1v) is 27.4. The highest BCUT2D eigenvalue weighted by atomic mass is 32.2. The van der Waals surface area contributed by atoms with E-state index in [-0.39, 0.29) is 10.9 Å².